The van der Waals surface area contributed by atoms with Crippen molar-refractivity contribution in [2.24, 2.45) is 4.99 Å². The van der Waals surface area contributed by atoms with Crippen LogP contribution >= 0.6 is 35.3 Å². The molecular formula is C22H32IN7S. The van der Waals surface area contributed by atoms with Gasteiger partial charge < -0.3 is 10.6 Å². The highest BCUT2D eigenvalue weighted by Gasteiger charge is 2.20. The Morgan fingerprint density at radius 3 is 2.87 bits per heavy atom. The van der Waals surface area contributed by atoms with Crippen LogP contribution in [-0.4, -0.2) is 57.7 Å². The molecule has 0 bridgehead atoms. The first-order valence-electron chi connectivity index (χ1n) is 10.9. The van der Waals surface area contributed by atoms with Crippen molar-refractivity contribution in [1.82, 2.24) is 30.1 Å². The zero-order chi connectivity index (χ0) is 20.6. The van der Waals surface area contributed by atoms with E-state index in [1.54, 1.807) is 11.3 Å². The van der Waals surface area contributed by atoms with Gasteiger partial charge >= 0.3 is 0 Å². The Morgan fingerprint density at radius 1 is 1.23 bits per heavy atom. The van der Waals surface area contributed by atoms with E-state index < -0.39 is 0 Å². The number of piperidine rings is 1. The number of nitrogens with zero attached hydrogens (tertiary/aromatic N) is 5. The van der Waals surface area contributed by atoms with Crippen LogP contribution in [0.3, 0.4) is 0 Å². The minimum absolute atomic E-state index is 0. The number of guanidine groups is 1. The predicted molar refractivity (Wildman–Crippen MR) is 138 cm³/mol. The van der Waals surface area contributed by atoms with Gasteiger partial charge in [0.1, 0.15) is 5.82 Å². The third kappa shape index (κ3) is 6.88. The number of nitrogens with one attached hydrogen (secondary N) is 2. The van der Waals surface area contributed by atoms with Gasteiger partial charge in [0.05, 0.1) is 0 Å². The van der Waals surface area contributed by atoms with E-state index in [4.69, 9.17) is 4.99 Å². The van der Waals surface area contributed by atoms with Crippen molar-refractivity contribution in [2.45, 2.75) is 45.2 Å². The van der Waals surface area contributed by atoms with Crippen molar-refractivity contribution < 1.29 is 0 Å². The summed E-state index contributed by atoms with van der Waals surface area (Å²) in [4.78, 5) is 7.34. The van der Waals surface area contributed by atoms with Gasteiger partial charge in [-0.15, -0.1) is 34.2 Å². The second kappa shape index (κ2) is 12.4. The molecule has 0 saturated carbocycles. The molecule has 1 saturated heterocycles. The van der Waals surface area contributed by atoms with Crippen molar-refractivity contribution in [2.75, 3.05) is 26.2 Å². The Kier molecular flexibility index (Phi) is 9.54. The van der Waals surface area contributed by atoms with Crippen molar-refractivity contribution in [3.05, 3.63) is 52.6 Å². The van der Waals surface area contributed by atoms with Gasteiger partial charge in [0.15, 0.2) is 11.6 Å². The molecule has 3 aromatic heterocycles. The lowest BCUT2D eigenvalue weighted by Gasteiger charge is -2.33. The minimum atomic E-state index is 0. The average Bonchev–Trinajstić information content (AvgIpc) is 3.43. The fourth-order valence-electron chi connectivity index (χ4n) is 3.88. The first-order chi connectivity index (χ1) is 14.8. The molecule has 3 aromatic rings. The highest BCUT2D eigenvalue weighted by molar-refractivity contribution is 14.0. The SMILES string of the molecule is CCNC(=NCCCc1nnc2ccccn12)NC1CCN(Cc2ccsc2)CC1.I. The Balaban J connectivity index is 0.00000272. The van der Waals surface area contributed by atoms with Crippen LogP contribution in [0.15, 0.2) is 46.2 Å². The molecule has 4 heterocycles. The Labute approximate surface area is 205 Å². The third-order valence-electron chi connectivity index (χ3n) is 5.47. The van der Waals surface area contributed by atoms with E-state index in [0.717, 1.165) is 75.8 Å². The molecule has 0 aliphatic carbocycles. The maximum Gasteiger partial charge on any atom is 0.191 e. The van der Waals surface area contributed by atoms with Crippen LogP contribution < -0.4 is 10.6 Å². The number of fused-ring (bicyclic) bond motifs is 1. The van der Waals surface area contributed by atoms with Gasteiger partial charge in [-0.05, 0) is 60.7 Å². The fourth-order valence-corrected chi connectivity index (χ4v) is 4.54. The second-order valence-electron chi connectivity index (χ2n) is 7.74. The zero-order valence-corrected chi connectivity index (χ0v) is 21.2. The summed E-state index contributed by atoms with van der Waals surface area (Å²) in [6.45, 7) is 7.09. The fraction of sp³-hybridized carbons (Fsp3) is 0.500. The number of halogens is 1. The van der Waals surface area contributed by atoms with E-state index in [1.165, 1.54) is 5.56 Å². The number of hydrogen-bond donors (Lipinski definition) is 2. The lowest BCUT2D eigenvalue weighted by molar-refractivity contribution is 0.198. The summed E-state index contributed by atoms with van der Waals surface area (Å²) in [6, 6.07) is 8.69. The molecule has 0 aromatic carbocycles. The molecule has 31 heavy (non-hydrogen) atoms. The largest absolute Gasteiger partial charge is 0.357 e. The lowest BCUT2D eigenvalue weighted by Crippen LogP contribution is -2.48. The van der Waals surface area contributed by atoms with Gasteiger partial charge in [-0.25, -0.2) is 0 Å². The Hall–Kier alpha value is -1.72. The number of thiophene rings is 1. The molecule has 0 radical (unpaired) electrons. The van der Waals surface area contributed by atoms with E-state index >= 15 is 0 Å². The summed E-state index contributed by atoms with van der Waals surface area (Å²) in [5, 5.41) is 20.0. The highest BCUT2D eigenvalue weighted by Crippen LogP contribution is 2.15. The van der Waals surface area contributed by atoms with Crippen LogP contribution in [0.2, 0.25) is 0 Å². The summed E-state index contributed by atoms with van der Waals surface area (Å²) < 4.78 is 2.05. The molecule has 4 rings (SSSR count). The molecule has 168 valence electrons. The first kappa shape index (κ1) is 23.9. The first-order valence-corrected chi connectivity index (χ1v) is 11.8. The number of aromatic nitrogens is 3. The molecule has 0 atom stereocenters. The molecule has 0 unspecified atom stereocenters. The molecular weight excluding hydrogens is 521 g/mol. The van der Waals surface area contributed by atoms with E-state index in [0.29, 0.717) is 6.04 Å². The van der Waals surface area contributed by atoms with Crippen LogP contribution in [-0.2, 0) is 13.0 Å². The Morgan fingerprint density at radius 2 is 2.10 bits per heavy atom. The van der Waals surface area contributed by atoms with Gasteiger partial charge in [-0.1, -0.05) is 6.07 Å². The highest BCUT2D eigenvalue weighted by atomic mass is 127. The zero-order valence-electron chi connectivity index (χ0n) is 18.0. The van der Waals surface area contributed by atoms with E-state index in [9.17, 15) is 0 Å². The van der Waals surface area contributed by atoms with Gasteiger partial charge in [0.25, 0.3) is 0 Å². The van der Waals surface area contributed by atoms with Gasteiger partial charge in [-0.3, -0.25) is 14.3 Å². The van der Waals surface area contributed by atoms with Crippen molar-refractivity contribution >= 4 is 46.9 Å². The standard InChI is InChI=1S/C22H31N7S.HI/c1-2-23-22(24-11-5-7-21-27-26-20-6-3-4-12-29(20)21)25-19-8-13-28(14-9-19)16-18-10-15-30-17-18;/h3-4,6,10,12,15,17,19H,2,5,7-9,11,13-14,16H2,1H3,(H2,23,24,25);1H. The topological polar surface area (TPSA) is 69.8 Å². The number of pyridine rings is 1. The number of aliphatic imine (C=N–C) groups is 1. The van der Waals surface area contributed by atoms with Crippen molar-refractivity contribution in [1.29, 1.82) is 0 Å². The quantitative estimate of drug-likeness (QED) is 0.193. The monoisotopic (exact) mass is 553 g/mol. The average molecular weight is 554 g/mol. The van der Waals surface area contributed by atoms with Gasteiger partial charge in [0, 0.05) is 51.4 Å². The molecule has 0 spiro atoms. The molecule has 7 nitrogen and oxygen atoms in total. The third-order valence-corrected chi connectivity index (χ3v) is 6.20. The van der Waals surface area contributed by atoms with Crippen LogP contribution in [0.5, 0.6) is 0 Å². The molecule has 0 amide bonds. The molecule has 9 heteroatoms. The van der Waals surface area contributed by atoms with Crippen LogP contribution in [0, 0.1) is 0 Å². The summed E-state index contributed by atoms with van der Waals surface area (Å²) in [6.07, 6.45) is 6.14. The maximum atomic E-state index is 4.79. The summed E-state index contributed by atoms with van der Waals surface area (Å²) >= 11 is 1.78. The van der Waals surface area contributed by atoms with Gasteiger partial charge in [0.2, 0.25) is 0 Å². The van der Waals surface area contributed by atoms with Crippen LogP contribution in [0.25, 0.3) is 5.65 Å². The van der Waals surface area contributed by atoms with Crippen LogP contribution in [0.1, 0.15) is 37.6 Å². The summed E-state index contributed by atoms with van der Waals surface area (Å²) in [5.74, 6) is 1.93. The second-order valence-corrected chi connectivity index (χ2v) is 8.52. The van der Waals surface area contributed by atoms with Crippen LogP contribution in [0.4, 0.5) is 0 Å². The van der Waals surface area contributed by atoms with E-state index in [1.807, 2.05) is 24.4 Å². The number of aryl methyl sites for hydroxylation is 1. The smallest absolute Gasteiger partial charge is 0.191 e. The molecule has 2 N–H and O–H groups in total. The molecule has 1 fully saturated rings. The van der Waals surface area contributed by atoms with E-state index in [2.05, 4.69) is 53.9 Å². The normalized spacial score (nSPS) is 15.7. The lowest BCUT2D eigenvalue weighted by atomic mass is 10.0. The molecule has 1 aliphatic heterocycles. The molecule has 1 aliphatic rings. The van der Waals surface area contributed by atoms with Gasteiger partial charge in [-0.2, -0.15) is 11.3 Å². The predicted octanol–water partition coefficient (Wildman–Crippen LogP) is 3.56. The number of hydrogen-bond acceptors (Lipinski definition) is 5. The number of rotatable bonds is 8. The van der Waals surface area contributed by atoms with E-state index in [-0.39, 0.29) is 24.0 Å². The maximum absolute atomic E-state index is 4.79. The van der Waals surface area contributed by atoms with Crippen molar-refractivity contribution in [3.63, 3.8) is 0 Å². The Bertz CT molecular complexity index is 932. The minimum Gasteiger partial charge on any atom is -0.357 e. The van der Waals surface area contributed by atoms with Crippen molar-refractivity contribution in [3.8, 4) is 0 Å². The summed E-state index contributed by atoms with van der Waals surface area (Å²) in [7, 11) is 0. The summed E-state index contributed by atoms with van der Waals surface area (Å²) in [5.41, 5.74) is 2.33. The number of likely N-dealkylation sites (tertiary alicyclic amines) is 1.